The standard InChI is InChI=1S/C12H16F3NO2/c1-7(16)6-8-4-5-9(12(13,14)15)11(18-3)10(8)17-2/h4-5,7H,6,16H2,1-3H3. The van der Waals surface area contributed by atoms with Crippen molar-refractivity contribution in [2.75, 3.05) is 14.2 Å². The predicted octanol–water partition coefficient (Wildman–Crippen LogP) is 2.61. The van der Waals surface area contributed by atoms with E-state index in [0.717, 1.165) is 6.07 Å². The Morgan fingerprint density at radius 3 is 2.11 bits per heavy atom. The second-order valence-corrected chi connectivity index (χ2v) is 4.02. The van der Waals surface area contributed by atoms with Gasteiger partial charge in [-0.3, -0.25) is 0 Å². The Morgan fingerprint density at radius 1 is 1.17 bits per heavy atom. The Hall–Kier alpha value is -1.43. The van der Waals surface area contributed by atoms with Gasteiger partial charge in [0.1, 0.15) is 5.56 Å². The van der Waals surface area contributed by atoms with Crippen LogP contribution in [0, 0.1) is 0 Å². The number of hydrogen-bond acceptors (Lipinski definition) is 3. The highest BCUT2D eigenvalue weighted by atomic mass is 19.4. The number of nitrogens with two attached hydrogens (primary N) is 1. The first-order valence-electron chi connectivity index (χ1n) is 5.37. The van der Waals surface area contributed by atoms with Gasteiger partial charge >= 0.3 is 6.18 Å². The van der Waals surface area contributed by atoms with Crippen molar-refractivity contribution in [2.24, 2.45) is 5.73 Å². The van der Waals surface area contributed by atoms with Crippen LogP contribution in [-0.4, -0.2) is 20.3 Å². The molecule has 0 bridgehead atoms. The molecule has 0 aliphatic carbocycles. The summed E-state index contributed by atoms with van der Waals surface area (Å²) in [7, 11) is 2.49. The first-order valence-corrected chi connectivity index (χ1v) is 5.37. The molecule has 0 amide bonds. The number of halogens is 3. The maximum absolute atomic E-state index is 12.8. The van der Waals surface area contributed by atoms with E-state index in [9.17, 15) is 13.2 Å². The second kappa shape index (κ2) is 5.48. The van der Waals surface area contributed by atoms with E-state index in [2.05, 4.69) is 0 Å². The van der Waals surface area contributed by atoms with E-state index >= 15 is 0 Å². The summed E-state index contributed by atoms with van der Waals surface area (Å²) in [5, 5.41) is 0. The summed E-state index contributed by atoms with van der Waals surface area (Å²) in [6.07, 6.45) is -4.07. The molecular formula is C12H16F3NO2. The van der Waals surface area contributed by atoms with Gasteiger partial charge in [-0.1, -0.05) is 6.07 Å². The predicted molar refractivity (Wildman–Crippen MR) is 61.9 cm³/mol. The lowest BCUT2D eigenvalue weighted by Crippen LogP contribution is -2.19. The summed E-state index contributed by atoms with van der Waals surface area (Å²) >= 11 is 0. The Kier molecular flexibility index (Phi) is 4.45. The molecule has 3 nitrogen and oxygen atoms in total. The number of alkyl halides is 3. The van der Waals surface area contributed by atoms with Gasteiger partial charge in [0.05, 0.1) is 14.2 Å². The first-order chi connectivity index (χ1) is 8.31. The van der Waals surface area contributed by atoms with Gasteiger partial charge in [-0.15, -0.1) is 0 Å². The Balaban J connectivity index is 3.36. The maximum atomic E-state index is 12.8. The van der Waals surface area contributed by atoms with Crippen molar-refractivity contribution in [3.05, 3.63) is 23.3 Å². The molecular weight excluding hydrogens is 247 g/mol. The van der Waals surface area contributed by atoms with E-state index in [1.807, 2.05) is 0 Å². The van der Waals surface area contributed by atoms with Crippen LogP contribution in [0.1, 0.15) is 18.1 Å². The minimum atomic E-state index is -4.48. The van der Waals surface area contributed by atoms with Crippen LogP contribution in [0.4, 0.5) is 13.2 Å². The van der Waals surface area contributed by atoms with Crippen LogP contribution >= 0.6 is 0 Å². The summed E-state index contributed by atoms with van der Waals surface area (Å²) < 4.78 is 48.2. The van der Waals surface area contributed by atoms with E-state index in [0.29, 0.717) is 12.0 Å². The lowest BCUT2D eigenvalue weighted by atomic mass is 10.0. The highest BCUT2D eigenvalue weighted by Gasteiger charge is 2.36. The zero-order chi connectivity index (χ0) is 13.9. The van der Waals surface area contributed by atoms with Gasteiger partial charge in [-0.25, -0.2) is 0 Å². The molecule has 1 unspecified atom stereocenters. The van der Waals surface area contributed by atoms with Crippen molar-refractivity contribution >= 4 is 0 Å². The Labute approximate surface area is 104 Å². The van der Waals surface area contributed by atoms with Crippen LogP contribution in [0.3, 0.4) is 0 Å². The van der Waals surface area contributed by atoms with E-state index in [1.54, 1.807) is 6.92 Å². The molecule has 0 saturated carbocycles. The fraction of sp³-hybridized carbons (Fsp3) is 0.500. The number of benzene rings is 1. The molecule has 1 atom stereocenters. The molecule has 0 aliphatic rings. The molecule has 0 fully saturated rings. The van der Waals surface area contributed by atoms with Crippen LogP contribution < -0.4 is 15.2 Å². The van der Waals surface area contributed by atoms with Gasteiger partial charge in [0.25, 0.3) is 0 Å². The minimum absolute atomic E-state index is 0.0876. The molecule has 2 N–H and O–H groups in total. The highest BCUT2D eigenvalue weighted by molar-refractivity contribution is 5.53. The van der Waals surface area contributed by atoms with Crippen LogP contribution in [0.2, 0.25) is 0 Å². The quantitative estimate of drug-likeness (QED) is 0.908. The van der Waals surface area contributed by atoms with Crippen molar-refractivity contribution in [1.29, 1.82) is 0 Å². The first kappa shape index (κ1) is 14.6. The maximum Gasteiger partial charge on any atom is 0.420 e. The lowest BCUT2D eigenvalue weighted by molar-refractivity contribution is -0.138. The molecule has 1 rings (SSSR count). The molecule has 6 heteroatoms. The molecule has 1 aromatic carbocycles. The van der Waals surface area contributed by atoms with Gasteiger partial charge in [-0.05, 0) is 25.0 Å². The minimum Gasteiger partial charge on any atom is -0.493 e. The Bertz CT molecular complexity index is 417. The smallest absolute Gasteiger partial charge is 0.420 e. The van der Waals surface area contributed by atoms with Crippen LogP contribution in [0.15, 0.2) is 12.1 Å². The largest absolute Gasteiger partial charge is 0.493 e. The monoisotopic (exact) mass is 263 g/mol. The molecule has 18 heavy (non-hydrogen) atoms. The van der Waals surface area contributed by atoms with Crippen molar-refractivity contribution in [2.45, 2.75) is 25.6 Å². The van der Waals surface area contributed by atoms with Crippen molar-refractivity contribution in [3.8, 4) is 11.5 Å². The summed E-state index contributed by atoms with van der Waals surface area (Å²) in [6.45, 7) is 1.77. The normalized spacial score (nSPS) is 13.3. The van der Waals surface area contributed by atoms with Crippen molar-refractivity contribution in [1.82, 2.24) is 0 Å². The summed E-state index contributed by atoms with van der Waals surface area (Å²) in [6, 6.07) is 2.17. The molecule has 0 radical (unpaired) electrons. The molecule has 1 aromatic rings. The van der Waals surface area contributed by atoms with E-state index < -0.39 is 11.7 Å². The molecule has 0 aliphatic heterocycles. The third-order valence-corrected chi connectivity index (χ3v) is 2.45. The number of hydrogen-bond donors (Lipinski definition) is 1. The number of ether oxygens (including phenoxy) is 2. The zero-order valence-electron chi connectivity index (χ0n) is 10.5. The van der Waals surface area contributed by atoms with Crippen LogP contribution in [0.5, 0.6) is 11.5 Å². The third kappa shape index (κ3) is 3.07. The fourth-order valence-corrected chi connectivity index (χ4v) is 1.76. The second-order valence-electron chi connectivity index (χ2n) is 4.02. The average molecular weight is 263 g/mol. The van der Waals surface area contributed by atoms with E-state index in [-0.39, 0.29) is 17.5 Å². The van der Waals surface area contributed by atoms with Crippen molar-refractivity contribution in [3.63, 3.8) is 0 Å². The number of methoxy groups -OCH3 is 2. The topological polar surface area (TPSA) is 44.5 Å². The molecule has 0 spiro atoms. The molecule has 0 saturated heterocycles. The van der Waals surface area contributed by atoms with Crippen LogP contribution in [-0.2, 0) is 12.6 Å². The van der Waals surface area contributed by atoms with E-state index in [4.69, 9.17) is 15.2 Å². The molecule has 0 aromatic heterocycles. The summed E-state index contributed by atoms with van der Waals surface area (Å²) in [5.41, 5.74) is 5.39. The Morgan fingerprint density at radius 2 is 1.72 bits per heavy atom. The fourth-order valence-electron chi connectivity index (χ4n) is 1.76. The van der Waals surface area contributed by atoms with Crippen LogP contribution in [0.25, 0.3) is 0 Å². The SMILES string of the molecule is COc1c(CC(C)N)ccc(C(F)(F)F)c1OC. The third-order valence-electron chi connectivity index (χ3n) is 2.45. The number of rotatable bonds is 4. The molecule has 102 valence electrons. The van der Waals surface area contributed by atoms with E-state index in [1.165, 1.54) is 20.3 Å². The zero-order valence-corrected chi connectivity index (χ0v) is 10.5. The summed E-state index contributed by atoms with van der Waals surface area (Å²) in [4.78, 5) is 0. The van der Waals surface area contributed by atoms with Gasteiger partial charge in [0, 0.05) is 6.04 Å². The lowest BCUT2D eigenvalue weighted by Gasteiger charge is -2.18. The highest BCUT2D eigenvalue weighted by Crippen LogP contribution is 2.43. The van der Waals surface area contributed by atoms with Gasteiger partial charge < -0.3 is 15.2 Å². The van der Waals surface area contributed by atoms with Crippen molar-refractivity contribution < 1.29 is 22.6 Å². The van der Waals surface area contributed by atoms with Gasteiger partial charge in [0.2, 0.25) is 0 Å². The summed E-state index contributed by atoms with van der Waals surface area (Å²) in [5.74, 6) is -0.215. The van der Waals surface area contributed by atoms with Gasteiger partial charge in [-0.2, -0.15) is 13.2 Å². The average Bonchev–Trinajstić information content (AvgIpc) is 2.25. The van der Waals surface area contributed by atoms with Gasteiger partial charge in [0.15, 0.2) is 11.5 Å². The molecule has 0 heterocycles.